The van der Waals surface area contributed by atoms with Gasteiger partial charge in [0, 0.05) is 6.54 Å². The fraction of sp³-hybridized carbons (Fsp3) is 0.562. The second-order valence-corrected chi connectivity index (χ2v) is 5.42. The Hall–Kier alpha value is -1.60. The first-order valence-electron chi connectivity index (χ1n) is 7.80. The molecule has 0 aliphatic carbocycles. The van der Waals surface area contributed by atoms with Gasteiger partial charge in [-0.25, -0.2) is 4.98 Å². The van der Waals surface area contributed by atoms with E-state index in [1.807, 2.05) is 0 Å². The molecular formula is C16H22F3N3O. The van der Waals surface area contributed by atoms with Crippen LogP contribution in [-0.2, 0) is 19.3 Å². The molecule has 0 saturated carbocycles. The van der Waals surface area contributed by atoms with Crippen molar-refractivity contribution in [2.75, 3.05) is 19.6 Å². The second kappa shape index (κ2) is 7.31. The molecule has 23 heavy (non-hydrogen) atoms. The summed E-state index contributed by atoms with van der Waals surface area (Å²) in [5.41, 5.74) is 0.176. The molecule has 0 aliphatic heterocycles. The maximum Gasteiger partial charge on any atom is 0.416 e. The third-order valence-electron chi connectivity index (χ3n) is 4.05. The highest BCUT2D eigenvalue weighted by Gasteiger charge is 2.31. The van der Waals surface area contributed by atoms with Crippen LogP contribution in [0.25, 0.3) is 11.0 Å². The lowest BCUT2D eigenvalue weighted by molar-refractivity contribution is -0.137. The van der Waals surface area contributed by atoms with Crippen LogP contribution in [0, 0.1) is 0 Å². The van der Waals surface area contributed by atoms with Gasteiger partial charge in [0.2, 0.25) is 0 Å². The number of aliphatic hydroxyl groups excluding tert-OH is 1. The Morgan fingerprint density at radius 3 is 2.48 bits per heavy atom. The number of halogens is 3. The minimum absolute atomic E-state index is 0.270. The summed E-state index contributed by atoms with van der Waals surface area (Å²) in [6.45, 7) is 7.33. The Kier molecular flexibility index (Phi) is 5.64. The first-order valence-corrected chi connectivity index (χ1v) is 7.80. The standard InChI is InChI=1S/C16H22F3N3O/c1-3-21(4-2)8-5-9-22-14-7-6-12(16(17,18)19)10-13(14)20-15(22)11-23/h6-7,10,23H,3-5,8-9,11H2,1-2H3. The summed E-state index contributed by atoms with van der Waals surface area (Å²) >= 11 is 0. The molecule has 2 aromatic rings. The zero-order valence-corrected chi connectivity index (χ0v) is 13.4. The van der Waals surface area contributed by atoms with Crippen molar-refractivity contribution in [3.8, 4) is 0 Å². The lowest BCUT2D eigenvalue weighted by atomic mass is 10.2. The predicted molar refractivity (Wildman–Crippen MR) is 83.1 cm³/mol. The van der Waals surface area contributed by atoms with Crippen LogP contribution in [0.3, 0.4) is 0 Å². The third kappa shape index (κ3) is 4.03. The highest BCUT2D eigenvalue weighted by Crippen LogP contribution is 2.31. The smallest absolute Gasteiger partial charge is 0.388 e. The van der Waals surface area contributed by atoms with Gasteiger partial charge in [0.25, 0.3) is 0 Å². The lowest BCUT2D eigenvalue weighted by Crippen LogP contribution is -2.25. The Morgan fingerprint density at radius 2 is 1.91 bits per heavy atom. The molecule has 0 fully saturated rings. The largest absolute Gasteiger partial charge is 0.416 e. The van der Waals surface area contributed by atoms with E-state index in [4.69, 9.17) is 0 Å². The first kappa shape index (κ1) is 17.7. The molecule has 0 bridgehead atoms. The fourth-order valence-electron chi connectivity index (χ4n) is 2.72. The quantitative estimate of drug-likeness (QED) is 0.847. The van der Waals surface area contributed by atoms with E-state index in [1.54, 1.807) is 4.57 Å². The van der Waals surface area contributed by atoms with E-state index in [9.17, 15) is 18.3 Å². The Morgan fingerprint density at radius 1 is 1.22 bits per heavy atom. The zero-order valence-electron chi connectivity index (χ0n) is 13.4. The molecule has 0 spiro atoms. The number of nitrogens with zero attached hydrogens (tertiary/aromatic N) is 3. The molecule has 0 aliphatic rings. The van der Waals surface area contributed by atoms with Crippen molar-refractivity contribution >= 4 is 11.0 Å². The predicted octanol–water partition coefficient (Wildman–Crippen LogP) is 3.28. The molecule has 0 atom stereocenters. The summed E-state index contributed by atoms with van der Waals surface area (Å²) < 4.78 is 40.2. The molecule has 0 unspecified atom stereocenters. The molecule has 0 radical (unpaired) electrons. The molecule has 1 aromatic heterocycles. The van der Waals surface area contributed by atoms with Crippen LogP contribution in [0.15, 0.2) is 18.2 Å². The van der Waals surface area contributed by atoms with Crippen LogP contribution >= 0.6 is 0 Å². The van der Waals surface area contributed by atoms with Crippen LogP contribution in [-0.4, -0.2) is 39.2 Å². The number of alkyl halides is 3. The van der Waals surface area contributed by atoms with Crippen molar-refractivity contribution in [3.05, 3.63) is 29.6 Å². The van der Waals surface area contributed by atoms with Gasteiger partial charge < -0.3 is 14.6 Å². The van der Waals surface area contributed by atoms with Crippen LogP contribution < -0.4 is 0 Å². The normalized spacial score (nSPS) is 12.5. The summed E-state index contributed by atoms with van der Waals surface area (Å²) in [6.07, 6.45) is -3.54. The van der Waals surface area contributed by atoms with E-state index in [0.717, 1.165) is 38.2 Å². The van der Waals surface area contributed by atoms with Gasteiger partial charge in [0.1, 0.15) is 12.4 Å². The number of aromatic nitrogens is 2. The maximum absolute atomic E-state index is 12.8. The molecule has 7 heteroatoms. The van der Waals surface area contributed by atoms with Crippen molar-refractivity contribution in [1.29, 1.82) is 0 Å². The van der Waals surface area contributed by atoms with Gasteiger partial charge in [-0.2, -0.15) is 13.2 Å². The van der Waals surface area contributed by atoms with Crippen molar-refractivity contribution in [2.24, 2.45) is 0 Å². The van der Waals surface area contributed by atoms with Crippen molar-refractivity contribution in [1.82, 2.24) is 14.5 Å². The van der Waals surface area contributed by atoms with Gasteiger partial charge in [-0.15, -0.1) is 0 Å². The van der Waals surface area contributed by atoms with Gasteiger partial charge in [-0.1, -0.05) is 13.8 Å². The molecule has 1 heterocycles. The fourth-order valence-corrected chi connectivity index (χ4v) is 2.72. The van der Waals surface area contributed by atoms with Crippen molar-refractivity contribution in [3.63, 3.8) is 0 Å². The topological polar surface area (TPSA) is 41.3 Å². The molecule has 2 rings (SSSR count). The van der Waals surface area contributed by atoms with Crippen LogP contribution in [0.1, 0.15) is 31.7 Å². The number of benzene rings is 1. The minimum Gasteiger partial charge on any atom is -0.388 e. The van der Waals surface area contributed by atoms with Crippen molar-refractivity contribution < 1.29 is 18.3 Å². The maximum atomic E-state index is 12.8. The van der Waals surface area contributed by atoms with Gasteiger partial charge in [0.05, 0.1) is 16.6 Å². The number of fused-ring (bicyclic) bond motifs is 1. The molecule has 0 amide bonds. The van der Waals surface area contributed by atoms with Crippen LogP contribution in [0.5, 0.6) is 0 Å². The number of hydrogen-bond acceptors (Lipinski definition) is 3. The van der Waals surface area contributed by atoms with Crippen LogP contribution in [0.2, 0.25) is 0 Å². The molecule has 1 N–H and O–H groups in total. The average Bonchev–Trinajstić information content (AvgIpc) is 2.88. The summed E-state index contributed by atoms with van der Waals surface area (Å²) in [5, 5.41) is 9.43. The van der Waals surface area contributed by atoms with E-state index >= 15 is 0 Å². The second-order valence-electron chi connectivity index (χ2n) is 5.42. The minimum atomic E-state index is -4.39. The molecular weight excluding hydrogens is 307 g/mol. The van der Waals surface area contributed by atoms with Gasteiger partial charge >= 0.3 is 6.18 Å². The summed E-state index contributed by atoms with van der Waals surface area (Å²) in [6, 6.07) is 3.53. The van der Waals surface area contributed by atoms with E-state index in [1.165, 1.54) is 6.07 Å². The van der Waals surface area contributed by atoms with E-state index < -0.39 is 11.7 Å². The third-order valence-corrected chi connectivity index (χ3v) is 4.05. The highest BCUT2D eigenvalue weighted by atomic mass is 19.4. The summed E-state index contributed by atoms with van der Waals surface area (Å²) in [4.78, 5) is 6.42. The average molecular weight is 329 g/mol. The molecule has 1 aromatic carbocycles. The highest BCUT2D eigenvalue weighted by molar-refractivity contribution is 5.77. The summed E-state index contributed by atoms with van der Waals surface area (Å²) in [7, 11) is 0. The number of imidazole rings is 1. The van der Waals surface area contributed by atoms with Gasteiger partial charge in [-0.3, -0.25) is 0 Å². The first-order chi connectivity index (χ1) is 10.9. The van der Waals surface area contributed by atoms with Crippen molar-refractivity contribution in [2.45, 2.75) is 39.6 Å². The van der Waals surface area contributed by atoms with E-state index in [0.29, 0.717) is 17.9 Å². The summed E-state index contributed by atoms with van der Waals surface area (Å²) in [5.74, 6) is 0.402. The number of aryl methyl sites for hydroxylation is 1. The Balaban J connectivity index is 2.25. The SMILES string of the molecule is CCN(CC)CCCn1c(CO)nc2cc(C(F)(F)F)ccc21. The van der Waals surface area contributed by atoms with E-state index in [2.05, 4.69) is 23.7 Å². The molecule has 128 valence electrons. The monoisotopic (exact) mass is 329 g/mol. The lowest BCUT2D eigenvalue weighted by Gasteiger charge is -2.18. The van der Waals surface area contributed by atoms with Crippen LogP contribution in [0.4, 0.5) is 13.2 Å². The zero-order chi connectivity index (χ0) is 17.0. The number of hydrogen-bond donors (Lipinski definition) is 1. The van der Waals surface area contributed by atoms with Gasteiger partial charge in [-0.05, 0) is 44.3 Å². The molecule has 0 saturated heterocycles. The number of rotatable bonds is 7. The Labute approximate surface area is 133 Å². The molecule has 4 nitrogen and oxygen atoms in total. The number of aliphatic hydroxyl groups is 1. The van der Waals surface area contributed by atoms with Gasteiger partial charge in [0.15, 0.2) is 0 Å². The van der Waals surface area contributed by atoms with E-state index in [-0.39, 0.29) is 12.1 Å². The Bertz CT molecular complexity index is 648.